The summed E-state index contributed by atoms with van der Waals surface area (Å²) in [6.07, 6.45) is 1.48. The molecule has 0 radical (unpaired) electrons. The van der Waals surface area contributed by atoms with Crippen LogP contribution in [0.25, 0.3) is 0 Å². The molecule has 1 saturated heterocycles. The Morgan fingerprint density at radius 3 is 2.25 bits per heavy atom. The maximum absolute atomic E-state index is 13.0. The fourth-order valence-electron chi connectivity index (χ4n) is 5.40. The van der Waals surface area contributed by atoms with E-state index in [4.69, 9.17) is 0 Å². The number of rotatable bonds is 9. The first kappa shape index (κ1) is 29.6. The van der Waals surface area contributed by atoms with Crippen molar-refractivity contribution in [1.29, 1.82) is 0 Å². The second-order valence-electron chi connectivity index (χ2n) is 9.95. The quantitative estimate of drug-likeness (QED) is 0.232. The van der Waals surface area contributed by atoms with E-state index in [2.05, 4.69) is 9.08 Å². The van der Waals surface area contributed by atoms with Gasteiger partial charge in [-0.25, -0.2) is 0 Å². The molecular weight excluding hydrogens is 541 g/mol. The Hall–Kier alpha value is -3.37. The molecule has 214 valence electrons. The number of benzene rings is 3. The average molecular weight is 575 g/mol. The SMILES string of the molecule is CCN(CC)C(=O)c1ccc(C2(c3cccc(OS(=O)(=O)C(F)(F)F)c3)CCCN(Cc3ccccc3)C2)cc1. The number of alkyl halides is 3. The van der Waals surface area contributed by atoms with Crippen molar-refractivity contribution in [1.82, 2.24) is 9.80 Å². The standard InChI is InChI=1S/C30H33F3N2O4S/c1-3-35(4-2)28(36)24-14-16-25(17-15-24)29(18-9-19-34(22-29)21-23-10-6-5-7-11-23)26-12-8-13-27(20-26)39-40(37,38)30(31,32)33/h5-8,10-17,20H,3-4,9,18-19,21-22H2,1-2H3. The van der Waals surface area contributed by atoms with Crippen molar-refractivity contribution in [3.8, 4) is 5.75 Å². The van der Waals surface area contributed by atoms with Gasteiger partial charge in [0.25, 0.3) is 5.91 Å². The molecule has 0 N–H and O–H groups in total. The predicted octanol–water partition coefficient (Wildman–Crippen LogP) is 5.98. The molecule has 1 aliphatic heterocycles. The molecule has 1 atom stereocenters. The van der Waals surface area contributed by atoms with Crippen LogP contribution in [0.4, 0.5) is 13.2 Å². The van der Waals surface area contributed by atoms with Crippen LogP contribution in [-0.2, 0) is 22.1 Å². The Bertz CT molecular complexity index is 1410. The molecule has 0 saturated carbocycles. The lowest BCUT2D eigenvalue weighted by Crippen LogP contribution is -2.46. The second kappa shape index (κ2) is 12.0. The van der Waals surface area contributed by atoms with Crippen molar-refractivity contribution in [3.05, 3.63) is 101 Å². The van der Waals surface area contributed by atoms with Crippen molar-refractivity contribution in [2.45, 2.75) is 44.2 Å². The molecule has 0 aliphatic carbocycles. The van der Waals surface area contributed by atoms with E-state index in [0.29, 0.717) is 43.7 Å². The van der Waals surface area contributed by atoms with Gasteiger partial charge in [-0.1, -0.05) is 54.6 Å². The molecule has 1 heterocycles. The number of hydrogen-bond donors (Lipinski definition) is 0. The zero-order valence-corrected chi connectivity index (χ0v) is 23.3. The van der Waals surface area contributed by atoms with Crippen LogP contribution in [0.2, 0.25) is 0 Å². The molecule has 1 unspecified atom stereocenters. The number of amides is 1. The second-order valence-corrected chi connectivity index (χ2v) is 11.5. The van der Waals surface area contributed by atoms with E-state index in [1.807, 2.05) is 56.3 Å². The highest BCUT2D eigenvalue weighted by molar-refractivity contribution is 7.88. The number of likely N-dealkylation sites (tertiary alicyclic amines) is 1. The molecule has 3 aromatic carbocycles. The summed E-state index contributed by atoms with van der Waals surface area (Å²) in [6.45, 7) is 7.06. The van der Waals surface area contributed by atoms with Crippen LogP contribution in [0.15, 0.2) is 78.9 Å². The van der Waals surface area contributed by atoms with Gasteiger partial charge in [-0.2, -0.15) is 21.6 Å². The Kier molecular flexibility index (Phi) is 8.90. The maximum atomic E-state index is 13.0. The summed E-state index contributed by atoms with van der Waals surface area (Å²) in [4.78, 5) is 16.9. The Balaban J connectivity index is 1.75. The molecule has 0 spiro atoms. The summed E-state index contributed by atoms with van der Waals surface area (Å²) >= 11 is 0. The number of hydrogen-bond acceptors (Lipinski definition) is 5. The fraction of sp³-hybridized carbons (Fsp3) is 0.367. The summed E-state index contributed by atoms with van der Waals surface area (Å²) in [5.41, 5.74) is -3.00. The summed E-state index contributed by atoms with van der Waals surface area (Å²) in [6, 6.07) is 23.2. The van der Waals surface area contributed by atoms with Gasteiger partial charge in [0.05, 0.1) is 0 Å². The number of nitrogens with zero attached hydrogens (tertiary/aromatic N) is 2. The van der Waals surface area contributed by atoms with E-state index < -0.39 is 26.8 Å². The van der Waals surface area contributed by atoms with E-state index in [9.17, 15) is 26.4 Å². The fourth-order valence-corrected chi connectivity index (χ4v) is 5.86. The van der Waals surface area contributed by atoms with Crippen molar-refractivity contribution in [2.75, 3.05) is 26.2 Å². The lowest BCUT2D eigenvalue weighted by atomic mass is 9.69. The van der Waals surface area contributed by atoms with E-state index >= 15 is 0 Å². The minimum absolute atomic E-state index is 0.0762. The zero-order chi connectivity index (χ0) is 29.0. The van der Waals surface area contributed by atoms with Crippen LogP contribution in [-0.4, -0.2) is 55.8 Å². The number of carbonyl (C=O) groups is 1. The van der Waals surface area contributed by atoms with Gasteiger partial charge in [0, 0.05) is 37.2 Å². The van der Waals surface area contributed by atoms with E-state index in [-0.39, 0.29) is 5.91 Å². The monoisotopic (exact) mass is 574 g/mol. The molecule has 1 aliphatic rings. The molecule has 4 rings (SSSR count). The zero-order valence-electron chi connectivity index (χ0n) is 22.5. The number of piperidine rings is 1. The Morgan fingerprint density at radius 2 is 1.62 bits per heavy atom. The Morgan fingerprint density at radius 1 is 0.950 bits per heavy atom. The third-order valence-electron chi connectivity index (χ3n) is 7.43. The average Bonchev–Trinajstić information content (AvgIpc) is 2.94. The summed E-state index contributed by atoms with van der Waals surface area (Å²) < 4.78 is 67.0. The van der Waals surface area contributed by atoms with E-state index in [1.165, 1.54) is 18.2 Å². The summed E-state index contributed by atoms with van der Waals surface area (Å²) in [5, 5.41) is 0. The number of carbonyl (C=O) groups excluding carboxylic acids is 1. The van der Waals surface area contributed by atoms with Crippen molar-refractivity contribution in [3.63, 3.8) is 0 Å². The van der Waals surface area contributed by atoms with Crippen LogP contribution < -0.4 is 4.18 Å². The molecule has 0 aromatic heterocycles. The van der Waals surface area contributed by atoms with Gasteiger partial charge in [-0.05, 0) is 74.2 Å². The lowest BCUT2D eigenvalue weighted by molar-refractivity contribution is -0.0500. The van der Waals surface area contributed by atoms with E-state index in [0.717, 1.165) is 24.1 Å². The highest BCUT2D eigenvalue weighted by Crippen LogP contribution is 2.42. The Labute approximate surface area is 233 Å². The minimum Gasteiger partial charge on any atom is -0.376 e. The van der Waals surface area contributed by atoms with Crippen molar-refractivity contribution < 1.29 is 30.6 Å². The molecule has 1 fully saturated rings. The van der Waals surface area contributed by atoms with Crippen LogP contribution in [0.3, 0.4) is 0 Å². The molecule has 10 heteroatoms. The number of halogens is 3. The van der Waals surface area contributed by atoms with Crippen molar-refractivity contribution >= 4 is 16.0 Å². The van der Waals surface area contributed by atoms with Gasteiger partial charge in [0.2, 0.25) is 0 Å². The van der Waals surface area contributed by atoms with Crippen LogP contribution in [0, 0.1) is 0 Å². The van der Waals surface area contributed by atoms with Crippen LogP contribution in [0.5, 0.6) is 5.75 Å². The predicted molar refractivity (Wildman–Crippen MR) is 147 cm³/mol. The van der Waals surface area contributed by atoms with Gasteiger partial charge in [0.15, 0.2) is 0 Å². The normalized spacial score (nSPS) is 18.3. The van der Waals surface area contributed by atoms with Crippen molar-refractivity contribution in [2.24, 2.45) is 0 Å². The van der Waals surface area contributed by atoms with E-state index in [1.54, 1.807) is 23.1 Å². The lowest BCUT2D eigenvalue weighted by Gasteiger charge is -2.44. The third kappa shape index (κ3) is 6.33. The largest absolute Gasteiger partial charge is 0.534 e. The first-order valence-corrected chi connectivity index (χ1v) is 14.7. The van der Waals surface area contributed by atoms with Gasteiger partial charge in [-0.15, -0.1) is 0 Å². The third-order valence-corrected chi connectivity index (χ3v) is 8.41. The molecule has 0 bridgehead atoms. The first-order chi connectivity index (χ1) is 19.0. The highest BCUT2D eigenvalue weighted by Gasteiger charge is 2.49. The van der Waals surface area contributed by atoms with Gasteiger partial charge in [-0.3, -0.25) is 9.69 Å². The van der Waals surface area contributed by atoms with Gasteiger partial charge >= 0.3 is 15.6 Å². The minimum atomic E-state index is -5.82. The molecule has 6 nitrogen and oxygen atoms in total. The highest BCUT2D eigenvalue weighted by atomic mass is 32.2. The molecule has 3 aromatic rings. The summed E-state index contributed by atoms with van der Waals surface area (Å²) in [5.74, 6) is -0.476. The smallest absolute Gasteiger partial charge is 0.376 e. The summed E-state index contributed by atoms with van der Waals surface area (Å²) in [7, 11) is -5.82. The maximum Gasteiger partial charge on any atom is 0.534 e. The molecular formula is C30H33F3N2O4S. The first-order valence-electron chi connectivity index (χ1n) is 13.3. The van der Waals surface area contributed by atoms with Gasteiger partial charge in [0.1, 0.15) is 5.75 Å². The van der Waals surface area contributed by atoms with Gasteiger partial charge < -0.3 is 9.08 Å². The van der Waals surface area contributed by atoms with Crippen LogP contribution in [0.1, 0.15) is 53.7 Å². The molecule has 1 amide bonds. The van der Waals surface area contributed by atoms with Crippen LogP contribution >= 0.6 is 0 Å². The molecule has 40 heavy (non-hydrogen) atoms. The topological polar surface area (TPSA) is 66.9 Å².